The number of rotatable bonds is 6. The molecule has 136 valence electrons. The molecule has 0 unspecified atom stereocenters. The molecular formula is C22H18FNO3. The summed E-state index contributed by atoms with van der Waals surface area (Å²) in [5, 5.41) is 2.50. The van der Waals surface area contributed by atoms with Crippen LogP contribution in [0.15, 0.2) is 78.9 Å². The number of halogens is 1. The highest BCUT2D eigenvalue weighted by Gasteiger charge is 2.10. The zero-order chi connectivity index (χ0) is 19.1. The van der Waals surface area contributed by atoms with E-state index < -0.39 is 11.8 Å². The molecule has 0 aliphatic carbocycles. The molecule has 0 fully saturated rings. The number of benzene rings is 3. The van der Waals surface area contributed by atoms with Gasteiger partial charge < -0.3 is 10.1 Å². The van der Waals surface area contributed by atoms with E-state index in [0.29, 0.717) is 5.56 Å². The van der Waals surface area contributed by atoms with Crippen LogP contribution in [-0.2, 0) is 16.1 Å². The third kappa shape index (κ3) is 5.01. The van der Waals surface area contributed by atoms with E-state index in [0.717, 1.165) is 11.1 Å². The van der Waals surface area contributed by atoms with Crippen molar-refractivity contribution in [1.29, 1.82) is 0 Å². The number of carbonyl (C=O) groups is 2. The van der Waals surface area contributed by atoms with Gasteiger partial charge >= 0.3 is 5.97 Å². The van der Waals surface area contributed by atoms with E-state index in [1.54, 1.807) is 24.3 Å². The molecule has 1 amide bonds. The van der Waals surface area contributed by atoms with Gasteiger partial charge in [0.05, 0.1) is 0 Å². The highest BCUT2D eigenvalue weighted by Crippen LogP contribution is 2.19. The molecule has 0 heterocycles. The van der Waals surface area contributed by atoms with Gasteiger partial charge in [-0.15, -0.1) is 0 Å². The Kier molecular flexibility index (Phi) is 5.94. The van der Waals surface area contributed by atoms with E-state index in [-0.39, 0.29) is 24.6 Å². The standard InChI is InChI=1S/C22H18FNO3/c23-20-9-5-4-8-19(20)15-27-21(25)14-24-22(26)18-12-10-17(11-13-18)16-6-2-1-3-7-16/h1-13H,14-15H2,(H,24,26). The van der Waals surface area contributed by atoms with Gasteiger partial charge in [0.15, 0.2) is 0 Å². The number of nitrogens with one attached hydrogen (secondary N) is 1. The van der Waals surface area contributed by atoms with E-state index >= 15 is 0 Å². The van der Waals surface area contributed by atoms with Crippen LogP contribution < -0.4 is 5.32 Å². The van der Waals surface area contributed by atoms with E-state index in [1.807, 2.05) is 42.5 Å². The number of ether oxygens (including phenoxy) is 1. The molecule has 3 aromatic rings. The Hall–Kier alpha value is -3.47. The second kappa shape index (κ2) is 8.76. The first-order valence-electron chi connectivity index (χ1n) is 8.46. The summed E-state index contributed by atoms with van der Waals surface area (Å²) in [4.78, 5) is 23.9. The summed E-state index contributed by atoms with van der Waals surface area (Å²) >= 11 is 0. The molecule has 0 saturated carbocycles. The molecule has 0 aliphatic rings. The molecule has 0 radical (unpaired) electrons. The normalized spacial score (nSPS) is 10.3. The Morgan fingerprint density at radius 3 is 2.15 bits per heavy atom. The maximum atomic E-state index is 13.5. The predicted molar refractivity (Wildman–Crippen MR) is 100 cm³/mol. The SMILES string of the molecule is O=C(CNC(=O)c1ccc(-c2ccccc2)cc1)OCc1ccccc1F. The Labute approximate surface area is 156 Å². The first kappa shape index (κ1) is 18.3. The molecule has 0 atom stereocenters. The number of carbonyl (C=O) groups excluding carboxylic acids is 2. The van der Waals surface area contributed by atoms with Crippen LogP contribution in [0.1, 0.15) is 15.9 Å². The van der Waals surface area contributed by atoms with Crippen LogP contribution in [0.25, 0.3) is 11.1 Å². The lowest BCUT2D eigenvalue weighted by Gasteiger charge is -2.08. The van der Waals surface area contributed by atoms with Crippen molar-refractivity contribution in [2.75, 3.05) is 6.54 Å². The summed E-state index contributed by atoms with van der Waals surface area (Å²) in [6.07, 6.45) is 0. The molecular weight excluding hydrogens is 345 g/mol. The van der Waals surface area contributed by atoms with Crippen LogP contribution in [0.2, 0.25) is 0 Å². The lowest BCUT2D eigenvalue weighted by molar-refractivity contribution is -0.143. The Balaban J connectivity index is 1.50. The molecule has 5 heteroatoms. The molecule has 0 aromatic heterocycles. The van der Waals surface area contributed by atoms with Crippen molar-refractivity contribution in [1.82, 2.24) is 5.32 Å². The van der Waals surface area contributed by atoms with E-state index in [4.69, 9.17) is 4.74 Å². The van der Waals surface area contributed by atoms with Gasteiger partial charge in [-0.1, -0.05) is 60.7 Å². The van der Waals surface area contributed by atoms with E-state index in [2.05, 4.69) is 5.32 Å². The van der Waals surface area contributed by atoms with Crippen LogP contribution in [0.4, 0.5) is 4.39 Å². The maximum absolute atomic E-state index is 13.5. The van der Waals surface area contributed by atoms with Crippen LogP contribution in [0.5, 0.6) is 0 Å². The second-order valence-corrected chi connectivity index (χ2v) is 5.88. The van der Waals surface area contributed by atoms with Crippen LogP contribution in [0, 0.1) is 5.82 Å². The molecule has 3 rings (SSSR count). The summed E-state index contributed by atoms with van der Waals surface area (Å²) in [7, 11) is 0. The molecule has 0 bridgehead atoms. The topological polar surface area (TPSA) is 55.4 Å². The molecule has 3 aromatic carbocycles. The van der Waals surface area contributed by atoms with Crippen molar-refractivity contribution in [2.24, 2.45) is 0 Å². The monoisotopic (exact) mass is 363 g/mol. The number of hydrogen-bond acceptors (Lipinski definition) is 3. The molecule has 0 spiro atoms. The van der Waals surface area contributed by atoms with Gasteiger partial charge in [-0.25, -0.2) is 4.39 Å². The minimum Gasteiger partial charge on any atom is -0.459 e. The van der Waals surface area contributed by atoms with Gasteiger partial charge in [0, 0.05) is 11.1 Å². The highest BCUT2D eigenvalue weighted by atomic mass is 19.1. The first-order valence-corrected chi connectivity index (χ1v) is 8.46. The van der Waals surface area contributed by atoms with Crippen molar-refractivity contribution in [2.45, 2.75) is 6.61 Å². The largest absolute Gasteiger partial charge is 0.459 e. The van der Waals surface area contributed by atoms with Crippen LogP contribution >= 0.6 is 0 Å². The third-order valence-electron chi connectivity index (χ3n) is 3.99. The van der Waals surface area contributed by atoms with Crippen molar-refractivity contribution in [3.63, 3.8) is 0 Å². The number of amides is 1. The molecule has 4 nitrogen and oxygen atoms in total. The average Bonchev–Trinajstić information content (AvgIpc) is 2.72. The molecule has 0 saturated heterocycles. The fraction of sp³-hybridized carbons (Fsp3) is 0.0909. The molecule has 27 heavy (non-hydrogen) atoms. The van der Waals surface area contributed by atoms with Gasteiger partial charge in [0.25, 0.3) is 5.91 Å². The fourth-order valence-electron chi connectivity index (χ4n) is 2.52. The number of hydrogen-bond donors (Lipinski definition) is 1. The quantitative estimate of drug-likeness (QED) is 0.675. The first-order chi connectivity index (χ1) is 13.1. The van der Waals surface area contributed by atoms with Crippen molar-refractivity contribution >= 4 is 11.9 Å². The van der Waals surface area contributed by atoms with Gasteiger partial charge in [-0.3, -0.25) is 9.59 Å². The predicted octanol–water partition coefficient (Wildman–Crippen LogP) is 3.97. The van der Waals surface area contributed by atoms with Crippen LogP contribution in [0.3, 0.4) is 0 Å². The number of esters is 1. The molecule has 1 N–H and O–H groups in total. The zero-order valence-corrected chi connectivity index (χ0v) is 14.5. The minimum absolute atomic E-state index is 0.173. The van der Waals surface area contributed by atoms with Gasteiger partial charge in [0.2, 0.25) is 0 Å². The minimum atomic E-state index is -0.632. The summed E-state index contributed by atoms with van der Waals surface area (Å²) < 4.78 is 18.4. The van der Waals surface area contributed by atoms with E-state index in [1.165, 1.54) is 12.1 Å². The Morgan fingerprint density at radius 1 is 0.815 bits per heavy atom. The molecule has 0 aliphatic heterocycles. The summed E-state index contributed by atoms with van der Waals surface area (Å²) in [6, 6.07) is 23.0. The van der Waals surface area contributed by atoms with Gasteiger partial charge in [-0.2, -0.15) is 0 Å². The zero-order valence-electron chi connectivity index (χ0n) is 14.5. The fourth-order valence-corrected chi connectivity index (χ4v) is 2.52. The van der Waals surface area contributed by atoms with E-state index in [9.17, 15) is 14.0 Å². The van der Waals surface area contributed by atoms with Crippen molar-refractivity contribution in [3.8, 4) is 11.1 Å². The van der Waals surface area contributed by atoms with Crippen LogP contribution in [-0.4, -0.2) is 18.4 Å². The lowest BCUT2D eigenvalue weighted by atomic mass is 10.0. The summed E-state index contributed by atoms with van der Waals surface area (Å²) in [5.74, 6) is -1.45. The average molecular weight is 363 g/mol. The summed E-state index contributed by atoms with van der Waals surface area (Å²) in [5.41, 5.74) is 2.78. The lowest BCUT2D eigenvalue weighted by Crippen LogP contribution is -2.30. The van der Waals surface area contributed by atoms with Gasteiger partial charge in [-0.05, 0) is 29.3 Å². The Morgan fingerprint density at radius 2 is 1.44 bits per heavy atom. The Bertz CT molecular complexity index is 924. The third-order valence-corrected chi connectivity index (χ3v) is 3.99. The van der Waals surface area contributed by atoms with Gasteiger partial charge in [0.1, 0.15) is 19.0 Å². The summed E-state index contributed by atoms with van der Waals surface area (Å²) in [6.45, 7) is -0.457. The second-order valence-electron chi connectivity index (χ2n) is 5.88. The maximum Gasteiger partial charge on any atom is 0.325 e. The smallest absolute Gasteiger partial charge is 0.325 e. The van der Waals surface area contributed by atoms with Crippen molar-refractivity contribution < 1.29 is 18.7 Å². The van der Waals surface area contributed by atoms with Crippen molar-refractivity contribution in [3.05, 3.63) is 95.8 Å². The highest BCUT2D eigenvalue weighted by molar-refractivity contribution is 5.96.